The first kappa shape index (κ1) is 17.5. The highest BCUT2D eigenvalue weighted by molar-refractivity contribution is 5.13. The van der Waals surface area contributed by atoms with Crippen molar-refractivity contribution < 1.29 is 8.91 Å². The van der Waals surface area contributed by atoms with Gasteiger partial charge in [-0.1, -0.05) is 46.7 Å². The lowest BCUT2D eigenvalue weighted by Gasteiger charge is -2.07. The van der Waals surface area contributed by atoms with E-state index in [1.807, 2.05) is 41.5 Å². The average molecular weight is 231 g/mol. The van der Waals surface area contributed by atoms with Gasteiger partial charge in [0, 0.05) is 6.07 Å². The normalized spacial score (nSPS) is 10.1. The number of aromatic nitrogens is 1. The van der Waals surface area contributed by atoms with Crippen molar-refractivity contribution >= 4 is 0 Å². The molecule has 1 heterocycles. The molecule has 1 aromatic rings. The molecule has 16 heavy (non-hydrogen) atoms. The summed E-state index contributed by atoms with van der Waals surface area (Å²) in [5.74, 6) is 0.580. The standard InChI is InChI=1S/C9H14FNO.2C2H6/c1-6(2)7-5-8(12-11-7)9(3,4)10;2*1-2/h5-6H,1-4H3;2*1-2H3. The maximum atomic E-state index is 13.3. The maximum absolute atomic E-state index is 13.3. The van der Waals surface area contributed by atoms with Crippen LogP contribution >= 0.6 is 0 Å². The highest BCUT2D eigenvalue weighted by atomic mass is 19.1. The molecule has 1 aromatic heterocycles. The Kier molecular flexibility index (Phi) is 9.11. The van der Waals surface area contributed by atoms with E-state index in [9.17, 15) is 4.39 Å². The fourth-order valence-electron chi connectivity index (χ4n) is 0.841. The molecule has 0 aliphatic rings. The Balaban J connectivity index is 0. The van der Waals surface area contributed by atoms with Gasteiger partial charge in [0.15, 0.2) is 11.4 Å². The third-order valence-electron chi connectivity index (χ3n) is 1.71. The fourth-order valence-corrected chi connectivity index (χ4v) is 0.841. The predicted octanol–water partition coefficient (Wildman–Crippen LogP) is 5.06. The molecule has 0 bridgehead atoms. The highest BCUT2D eigenvalue weighted by Gasteiger charge is 2.24. The highest BCUT2D eigenvalue weighted by Crippen LogP contribution is 2.26. The van der Waals surface area contributed by atoms with Crippen LogP contribution in [-0.4, -0.2) is 5.16 Å². The van der Waals surface area contributed by atoms with Gasteiger partial charge >= 0.3 is 0 Å². The quantitative estimate of drug-likeness (QED) is 0.711. The molecule has 0 fully saturated rings. The van der Waals surface area contributed by atoms with Crippen LogP contribution in [0, 0.1) is 0 Å². The molecule has 0 amide bonds. The van der Waals surface area contributed by atoms with Crippen LogP contribution in [0.15, 0.2) is 10.6 Å². The van der Waals surface area contributed by atoms with E-state index in [0.29, 0.717) is 5.76 Å². The third-order valence-corrected chi connectivity index (χ3v) is 1.71. The van der Waals surface area contributed by atoms with Gasteiger partial charge in [0.25, 0.3) is 0 Å². The first-order valence-electron chi connectivity index (χ1n) is 6.07. The fraction of sp³-hybridized carbons (Fsp3) is 0.769. The Morgan fingerprint density at radius 3 is 1.81 bits per heavy atom. The van der Waals surface area contributed by atoms with Gasteiger partial charge in [0.1, 0.15) is 0 Å². The van der Waals surface area contributed by atoms with Crippen LogP contribution in [0.25, 0.3) is 0 Å². The summed E-state index contributed by atoms with van der Waals surface area (Å²) in [6.07, 6.45) is 0. The first-order chi connectivity index (χ1) is 7.41. The van der Waals surface area contributed by atoms with Gasteiger partial charge in [-0.05, 0) is 19.8 Å². The predicted molar refractivity (Wildman–Crippen MR) is 67.4 cm³/mol. The SMILES string of the molecule is CC.CC.CC(C)c1cc(C(C)(C)F)on1. The van der Waals surface area contributed by atoms with E-state index in [1.165, 1.54) is 13.8 Å². The second-order valence-corrected chi connectivity index (χ2v) is 3.74. The summed E-state index contributed by atoms with van der Waals surface area (Å²) in [5.41, 5.74) is -0.629. The minimum atomic E-state index is -1.43. The molecule has 0 radical (unpaired) electrons. The van der Waals surface area contributed by atoms with Crippen LogP contribution in [0.3, 0.4) is 0 Å². The molecule has 0 saturated carbocycles. The van der Waals surface area contributed by atoms with E-state index >= 15 is 0 Å². The van der Waals surface area contributed by atoms with E-state index in [-0.39, 0.29) is 5.92 Å². The van der Waals surface area contributed by atoms with Crippen LogP contribution in [0.4, 0.5) is 4.39 Å². The first-order valence-corrected chi connectivity index (χ1v) is 6.07. The van der Waals surface area contributed by atoms with Crippen molar-refractivity contribution in [3.05, 3.63) is 17.5 Å². The Morgan fingerprint density at radius 1 is 1.19 bits per heavy atom. The summed E-state index contributed by atoms with van der Waals surface area (Å²) < 4.78 is 18.1. The second kappa shape index (κ2) is 8.31. The van der Waals surface area contributed by atoms with Crippen molar-refractivity contribution in [3.63, 3.8) is 0 Å². The van der Waals surface area contributed by atoms with Crippen molar-refractivity contribution in [2.45, 2.75) is 67.0 Å². The minimum absolute atomic E-state index is 0.282. The topological polar surface area (TPSA) is 26.0 Å². The van der Waals surface area contributed by atoms with Gasteiger partial charge < -0.3 is 4.52 Å². The molecule has 0 saturated heterocycles. The molecule has 0 spiro atoms. The van der Waals surface area contributed by atoms with Gasteiger partial charge in [0.2, 0.25) is 0 Å². The number of alkyl halides is 1. The van der Waals surface area contributed by atoms with Crippen LogP contribution in [0.1, 0.15) is 72.8 Å². The zero-order chi connectivity index (χ0) is 13.4. The number of hydrogen-bond acceptors (Lipinski definition) is 2. The molecule has 0 aliphatic carbocycles. The van der Waals surface area contributed by atoms with Crippen molar-refractivity contribution in [3.8, 4) is 0 Å². The number of nitrogens with zero attached hydrogens (tertiary/aromatic N) is 1. The number of halogens is 1. The number of rotatable bonds is 2. The van der Waals surface area contributed by atoms with Crippen LogP contribution in [0.2, 0.25) is 0 Å². The maximum Gasteiger partial charge on any atom is 0.173 e. The molecule has 2 nitrogen and oxygen atoms in total. The third kappa shape index (κ3) is 5.89. The Hall–Kier alpha value is -0.860. The van der Waals surface area contributed by atoms with Crippen molar-refractivity contribution in [2.24, 2.45) is 0 Å². The van der Waals surface area contributed by atoms with Crippen molar-refractivity contribution in [2.75, 3.05) is 0 Å². The zero-order valence-corrected chi connectivity index (χ0v) is 11.9. The van der Waals surface area contributed by atoms with Crippen LogP contribution in [0.5, 0.6) is 0 Å². The summed E-state index contributed by atoms with van der Waals surface area (Å²) in [4.78, 5) is 0. The van der Waals surface area contributed by atoms with Crippen LogP contribution < -0.4 is 0 Å². The van der Waals surface area contributed by atoms with Gasteiger partial charge in [-0.15, -0.1) is 0 Å². The lowest BCUT2D eigenvalue weighted by Crippen LogP contribution is -2.06. The molecule has 0 atom stereocenters. The van der Waals surface area contributed by atoms with Crippen molar-refractivity contribution in [1.29, 1.82) is 0 Å². The molecule has 96 valence electrons. The smallest absolute Gasteiger partial charge is 0.173 e. The molecule has 1 rings (SSSR count). The van der Waals surface area contributed by atoms with Gasteiger partial charge in [-0.25, -0.2) is 4.39 Å². The Morgan fingerprint density at radius 2 is 1.62 bits per heavy atom. The van der Waals surface area contributed by atoms with Gasteiger partial charge in [0.05, 0.1) is 5.69 Å². The van der Waals surface area contributed by atoms with Gasteiger partial charge in [-0.3, -0.25) is 0 Å². The van der Waals surface area contributed by atoms with E-state index in [1.54, 1.807) is 6.07 Å². The summed E-state index contributed by atoms with van der Waals surface area (Å²) in [7, 11) is 0. The zero-order valence-electron chi connectivity index (χ0n) is 11.9. The lowest BCUT2D eigenvalue weighted by atomic mass is 10.1. The van der Waals surface area contributed by atoms with Crippen molar-refractivity contribution in [1.82, 2.24) is 5.16 Å². The van der Waals surface area contributed by atoms with Gasteiger partial charge in [-0.2, -0.15) is 0 Å². The monoisotopic (exact) mass is 231 g/mol. The Labute approximate surface area is 99.2 Å². The second-order valence-electron chi connectivity index (χ2n) is 3.74. The largest absolute Gasteiger partial charge is 0.358 e. The van der Waals surface area contributed by atoms with E-state index in [2.05, 4.69) is 5.16 Å². The molecule has 0 N–H and O–H groups in total. The molecule has 3 heteroatoms. The Bertz CT molecular complexity index is 261. The molecule has 0 aliphatic heterocycles. The van der Waals surface area contributed by atoms with E-state index < -0.39 is 5.67 Å². The summed E-state index contributed by atoms with van der Waals surface area (Å²) in [6, 6.07) is 1.67. The molecular formula is C13H26FNO. The molecular weight excluding hydrogens is 205 g/mol. The minimum Gasteiger partial charge on any atom is -0.358 e. The van der Waals surface area contributed by atoms with E-state index in [4.69, 9.17) is 4.52 Å². The average Bonchev–Trinajstić information content (AvgIpc) is 2.72. The van der Waals surface area contributed by atoms with E-state index in [0.717, 1.165) is 5.69 Å². The number of hydrogen-bond donors (Lipinski definition) is 0. The molecule has 0 aromatic carbocycles. The molecule has 0 unspecified atom stereocenters. The summed E-state index contributed by atoms with van der Waals surface area (Å²) >= 11 is 0. The summed E-state index contributed by atoms with van der Waals surface area (Å²) in [5, 5.41) is 3.77. The van der Waals surface area contributed by atoms with Crippen LogP contribution in [-0.2, 0) is 5.67 Å². The lowest BCUT2D eigenvalue weighted by molar-refractivity contribution is 0.162. The summed E-state index contributed by atoms with van der Waals surface area (Å²) in [6.45, 7) is 14.9.